The van der Waals surface area contributed by atoms with Gasteiger partial charge >= 0.3 is 23.9 Å². The van der Waals surface area contributed by atoms with E-state index in [4.69, 9.17) is 23.7 Å². The van der Waals surface area contributed by atoms with Gasteiger partial charge in [-0.3, -0.25) is 19.2 Å². The Labute approximate surface area is 268 Å². The van der Waals surface area contributed by atoms with Crippen LogP contribution >= 0.6 is 0 Å². The number of methoxy groups -OCH3 is 1. The molecule has 2 unspecified atom stereocenters. The van der Waals surface area contributed by atoms with E-state index < -0.39 is 66.5 Å². The molecule has 248 valence electrons. The second kappa shape index (κ2) is 16.2. The van der Waals surface area contributed by atoms with Crippen LogP contribution in [-0.2, 0) is 39.8 Å². The number of nitrogens with zero attached hydrogens (tertiary/aromatic N) is 1. The molecule has 4 atom stereocenters. The Hall–Kier alpha value is -4.48. The lowest BCUT2D eigenvalue weighted by Gasteiger charge is -2.29. The van der Waals surface area contributed by atoms with Gasteiger partial charge in [0.25, 0.3) is 5.91 Å². The third-order valence-corrected chi connectivity index (χ3v) is 8.22. The van der Waals surface area contributed by atoms with Crippen molar-refractivity contribution >= 4 is 29.8 Å². The number of carbonyl (C=O) groups excluding carboxylic acids is 5. The van der Waals surface area contributed by atoms with Crippen molar-refractivity contribution in [2.75, 3.05) is 13.7 Å². The Morgan fingerprint density at radius 1 is 1.04 bits per heavy atom. The first-order chi connectivity index (χ1) is 22.1. The quantitative estimate of drug-likeness (QED) is 0.281. The SMILES string of the molecule is COc1ccnc(C(=O)N[C@H]2COC(=O)[C@H](Cc3ccccc3)C(OC(=O)C(C)C)C(C)OC2=O)c1OC(=O)CCC1CCCC1. The van der Waals surface area contributed by atoms with E-state index in [1.165, 1.54) is 26.3 Å². The van der Waals surface area contributed by atoms with Crippen LogP contribution in [0.5, 0.6) is 11.5 Å². The van der Waals surface area contributed by atoms with Gasteiger partial charge in [0.15, 0.2) is 23.6 Å². The van der Waals surface area contributed by atoms with Gasteiger partial charge < -0.3 is 29.0 Å². The van der Waals surface area contributed by atoms with E-state index in [0.717, 1.165) is 31.2 Å². The zero-order valence-corrected chi connectivity index (χ0v) is 26.7. The lowest BCUT2D eigenvalue weighted by Crippen LogP contribution is -2.47. The average Bonchev–Trinajstić information content (AvgIpc) is 3.57. The topological polar surface area (TPSA) is 156 Å². The smallest absolute Gasteiger partial charge is 0.332 e. The molecule has 1 saturated heterocycles. The summed E-state index contributed by atoms with van der Waals surface area (Å²) in [5, 5.41) is 2.49. The van der Waals surface area contributed by atoms with Crippen LogP contribution in [0.4, 0.5) is 0 Å². The molecule has 1 aromatic carbocycles. The fraction of sp³-hybridized carbons (Fsp3) is 0.529. The number of aromatic nitrogens is 1. The van der Waals surface area contributed by atoms with Crippen molar-refractivity contribution in [2.24, 2.45) is 17.8 Å². The molecule has 2 fully saturated rings. The average molecular weight is 639 g/mol. The van der Waals surface area contributed by atoms with Gasteiger partial charge in [0.05, 0.1) is 13.0 Å². The highest BCUT2D eigenvalue weighted by Crippen LogP contribution is 2.32. The molecule has 12 nitrogen and oxygen atoms in total. The second-order valence-electron chi connectivity index (χ2n) is 12.0. The van der Waals surface area contributed by atoms with E-state index in [1.54, 1.807) is 13.8 Å². The maximum atomic E-state index is 13.5. The zero-order valence-electron chi connectivity index (χ0n) is 26.7. The number of nitrogens with one attached hydrogen (secondary N) is 1. The molecule has 1 aliphatic heterocycles. The van der Waals surface area contributed by atoms with Crippen LogP contribution in [-0.4, -0.2) is 66.7 Å². The number of amides is 1. The number of hydrogen-bond acceptors (Lipinski definition) is 11. The highest BCUT2D eigenvalue weighted by molar-refractivity contribution is 5.99. The van der Waals surface area contributed by atoms with E-state index in [-0.39, 0.29) is 30.0 Å². The summed E-state index contributed by atoms with van der Waals surface area (Å²) in [5.74, 6) is -4.77. The highest BCUT2D eigenvalue weighted by atomic mass is 16.6. The van der Waals surface area contributed by atoms with Crippen LogP contribution < -0.4 is 14.8 Å². The summed E-state index contributed by atoms with van der Waals surface area (Å²) in [6, 6.07) is 9.09. The predicted octanol–water partition coefficient (Wildman–Crippen LogP) is 3.98. The minimum absolute atomic E-state index is 0.102. The van der Waals surface area contributed by atoms with E-state index in [2.05, 4.69) is 10.3 Å². The maximum absolute atomic E-state index is 13.5. The van der Waals surface area contributed by atoms with Gasteiger partial charge in [-0.25, -0.2) is 9.78 Å². The van der Waals surface area contributed by atoms with Gasteiger partial charge in [-0.2, -0.15) is 0 Å². The first-order valence-electron chi connectivity index (χ1n) is 15.7. The summed E-state index contributed by atoms with van der Waals surface area (Å²) < 4.78 is 27.8. The normalized spacial score (nSPS) is 22.1. The van der Waals surface area contributed by atoms with Crippen molar-refractivity contribution in [1.82, 2.24) is 10.3 Å². The summed E-state index contributed by atoms with van der Waals surface area (Å²) in [4.78, 5) is 69.8. The number of cyclic esters (lactones) is 2. The number of ether oxygens (including phenoxy) is 5. The standard InChI is InChI=1S/C34H42N2O10/c1-20(2)32(39)46-29-21(3)44-34(41)25(19-43-33(40)24(29)18-23-12-6-5-7-13-23)36-31(38)28-30(26(42-4)16-17-35-28)45-27(37)15-14-22-10-8-9-11-22/h5-7,12-13,16-17,20-22,24-25,29H,8-11,14-15,18-19H2,1-4H3,(H,36,38)/t21?,24-,25+,29?/m1/s1. The monoisotopic (exact) mass is 638 g/mol. The molecular weight excluding hydrogens is 596 g/mol. The van der Waals surface area contributed by atoms with Crippen molar-refractivity contribution in [3.05, 3.63) is 53.9 Å². The summed E-state index contributed by atoms with van der Waals surface area (Å²) in [6.07, 6.45) is 4.52. The fourth-order valence-corrected chi connectivity index (χ4v) is 5.61. The molecule has 1 amide bonds. The number of hydrogen-bond donors (Lipinski definition) is 1. The molecule has 2 heterocycles. The third kappa shape index (κ3) is 9.04. The molecule has 1 aromatic heterocycles. The lowest BCUT2D eigenvalue weighted by atomic mass is 9.91. The molecular formula is C34H42N2O10. The first kappa shape index (κ1) is 34.4. The molecule has 2 aromatic rings. The molecule has 0 bridgehead atoms. The van der Waals surface area contributed by atoms with E-state index in [0.29, 0.717) is 12.3 Å². The van der Waals surface area contributed by atoms with E-state index in [9.17, 15) is 24.0 Å². The van der Waals surface area contributed by atoms with Gasteiger partial charge in [0.2, 0.25) is 5.75 Å². The molecule has 0 spiro atoms. The van der Waals surface area contributed by atoms with Gasteiger partial charge in [-0.15, -0.1) is 0 Å². The molecule has 4 rings (SSSR count). The predicted molar refractivity (Wildman–Crippen MR) is 164 cm³/mol. The summed E-state index contributed by atoms with van der Waals surface area (Å²) in [6.45, 7) is 4.25. The lowest BCUT2D eigenvalue weighted by molar-refractivity contribution is -0.176. The molecule has 2 aliphatic rings. The molecule has 1 N–H and O–H groups in total. The molecule has 46 heavy (non-hydrogen) atoms. The van der Waals surface area contributed by atoms with Gasteiger partial charge in [0.1, 0.15) is 18.6 Å². The highest BCUT2D eigenvalue weighted by Gasteiger charge is 2.42. The third-order valence-electron chi connectivity index (χ3n) is 8.22. The molecule has 1 saturated carbocycles. The Balaban J connectivity index is 1.53. The van der Waals surface area contributed by atoms with Crippen molar-refractivity contribution < 1.29 is 47.7 Å². The number of carbonyl (C=O) groups is 5. The Morgan fingerprint density at radius 2 is 1.76 bits per heavy atom. The van der Waals surface area contributed by atoms with Crippen LogP contribution in [0, 0.1) is 17.8 Å². The molecule has 0 radical (unpaired) electrons. The van der Waals surface area contributed by atoms with Crippen LogP contribution in [0.15, 0.2) is 42.6 Å². The number of pyridine rings is 1. The van der Waals surface area contributed by atoms with Crippen molar-refractivity contribution in [3.63, 3.8) is 0 Å². The molecule has 1 aliphatic carbocycles. The fourth-order valence-electron chi connectivity index (χ4n) is 5.61. The summed E-state index contributed by atoms with van der Waals surface area (Å²) in [7, 11) is 1.36. The number of benzene rings is 1. The second-order valence-corrected chi connectivity index (χ2v) is 12.0. The minimum Gasteiger partial charge on any atom is -0.493 e. The van der Waals surface area contributed by atoms with Crippen LogP contribution in [0.25, 0.3) is 0 Å². The zero-order chi connectivity index (χ0) is 33.2. The Kier molecular flexibility index (Phi) is 12.1. The Morgan fingerprint density at radius 3 is 2.43 bits per heavy atom. The van der Waals surface area contributed by atoms with Crippen LogP contribution in [0.3, 0.4) is 0 Å². The van der Waals surface area contributed by atoms with Gasteiger partial charge in [-0.1, -0.05) is 69.9 Å². The largest absolute Gasteiger partial charge is 0.493 e. The van der Waals surface area contributed by atoms with Crippen molar-refractivity contribution in [1.29, 1.82) is 0 Å². The minimum atomic E-state index is -1.45. The maximum Gasteiger partial charge on any atom is 0.332 e. The van der Waals surface area contributed by atoms with Crippen molar-refractivity contribution in [3.8, 4) is 11.5 Å². The first-order valence-corrected chi connectivity index (χ1v) is 15.7. The van der Waals surface area contributed by atoms with Crippen LogP contribution in [0.2, 0.25) is 0 Å². The van der Waals surface area contributed by atoms with Gasteiger partial charge in [0, 0.05) is 18.7 Å². The van der Waals surface area contributed by atoms with Crippen molar-refractivity contribution in [2.45, 2.75) is 84.0 Å². The van der Waals surface area contributed by atoms with E-state index in [1.807, 2.05) is 30.3 Å². The van der Waals surface area contributed by atoms with Crippen LogP contribution in [0.1, 0.15) is 75.3 Å². The summed E-state index contributed by atoms with van der Waals surface area (Å²) in [5.41, 5.74) is 0.485. The number of rotatable bonds is 11. The van der Waals surface area contributed by atoms with E-state index >= 15 is 0 Å². The summed E-state index contributed by atoms with van der Waals surface area (Å²) >= 11 is 0. The number of esters is 4. The Bertz CT molecular complexity index is 1390. The molecule has 12 heteroatoms. The van der Waals surface area contributed by atoms with Gasteiger partial charge in [-0.05, 0) is 31.2 Å².